The topological polar surface area (TPSA) is 91.4 Å². The highest BCUT2D eigenvalue weighted by molar-refractivity contribution is 7.14. The lowest BCUT2D eigenvalue weighted by atomic mass is 10.1. The summed E-state index contributed by atoms with van der Waals surface area (Å²) in [6.07, 6.45) is 1.41. The number of hydrogen-bond donors (Lipinski definition) is 2. The molecule has 130 valence electrons. The van der Waals surface area contributed by atoms with E-state index >= 15 is 0 Å². The zero-order valence-corrected chi connectivity index (χ0v) is 14.6. The number of carbonyl (C=O) groups is 3. The minimum Gasteiger partial charge on any atom is -0.288 e. The second-order valence-electron chi connectivity index (χ2n) is 5.82. The van der Waals surface area contributed by atoms with E-state index in [4.69, 9.17) is 0 Å². The van der Waals surface area contributed by atoms with Crippen molar-refractivity contribution < 1.29 is 14.4 Å². The van der Waals surface area contributed by atoms with Gasteiger partial charge in [0, 0.05) is 23.9 Å². The normalized spacial score (nSPS) is 13.8. The molecule has 2 aromatic rings. The molecule has 3 rings (SSSR count). The van der Waals surface area contributed by atoms with Gasteiger partial charge in [-0.2, -0.15) is 0 Å². The van der Waals surface area contributed by atoms with Crippen LogP contribution in [0, 0.1) is 6.92 Å². The first kappa shape index (κ1) is 17.1. The second-order valence-corrected chi connectivity index (χ2v) is 6.65. The van der Waals surface area contributed by atoms with Crippen LogP contribution in [0.25, 0.3) is 0 Å². The average Bonchev–Trinajstić information content (AvgIpc) is 3.22. The van der Waals surface area contributed by atoms with Crippen molar-refractivity contribution in [2.75, 3.05) is 11.4 Å². The van der Waals surface area contributed by atoms with Crippen molar-refractivity contribution in [3.63, 3.8) is 0 Å². The maximum Gasteiger partial charge on any atom is 0.269 e. The van der Waals surface area contributed by atoms with Gasteiger partial charge in [-0.15, -0.1) is 11.3 Å². The van der Waals surface area contributed by atoms with Crippen molar-refractivity contribution in [1.82, 2.24) is 15.8 Å². The van der Waals surface area contributed by atoms with Gasteiger partial charge in [0.15, 0.2) is 5.13 Å². The summed E-state index contributed by atoms with van der Waals surface area (Å²) in [4.78, 5) is 41.6. The molecular weight excluding hydrogens is 340 g/mol. The summed E-state index contributed by atoms with van der Waals surface area (Å²) in [7, 11) is 0. The summed E-state index contributed by atoms with van der Waals surface area (Å²) in [5, 5.41) is 2.37. The molecule has 1 fully saturated rings. The highest BCUT2D eigenvalue weighted by Crippen LogP contribution is 2.25. The predicted octanol–water partition coefficient (Wildman–Crippen LogP) is 1.58. The molecule has 0 aliphatic carbocycles. The van der Waals surface area contributed by atoms with Crippen LogP contribution in [-0.2, 0) is 16.0 Å². The fourth-order valence-electron chi connectivity index (χ4n) is 2.46. The molecule has 3 amide bonds. The molecule has 1 aromatic carbocycles. The molecule has 0 unspecified atom stereocenters. The van der Waals surface area contributed by atoms with Crippen molar-refractivity contribution in [3.8, 4) is 0 Å². The van der Waals surface area contributed by atoms with Gasteiger partial charge in [0.25, 0.3) is 5.91 Å². The molecule has 2 heterocycles. The third kappa shape index (κ3) is 4.21. The molecule has 0 radical (unpaired) electrons. The van der Waals surface area contributed by atoms with Gasteiger partial charge in [-0.3, -0.25) is 30.1 Å². The monoisotopic (exact) mass is 358 g/mol. The fourth-order valence-corrected chi connectivity index (χ4v) is 3.33. The Morgan fingerprint density at radius 3 is 2.68 bits per heavy atom. The molecule has 1 aliphatic rings. The Labute approximate surface area is 149 Å². The third-order valence-electron chi connectivity index (χ3n) is 3.81. The average molecular weight is 358 g/mol. The van der Waals surface area contributed by atoms with Gasteiger partial charge in [0.05, 0.1) is 12.1 Å². The van der Waals surface area contributed by atoms with Gasteiger partial charge in [-0.1, -0.05) is 17.7 Å². The highest BCUT2D eigenvalue weighted by Gasteiger charge is 2.24. The number of nitrogens with one attached hydrogen (secondary N) is 2. The molecule has 0 spiro atoms. The number of hydrogen-bond acceptors (Lipinski definition) is 5. The lowest BCUT2D eigenvalue weighted by Crippen LogP contribution is -2.42. The minimum absolute atomic E-state index is 0.0344. The Hall–Kier alpha value is -2.74. The van der Waals surface area contributed by atoms with Crippen molar-refractivity contribution in [2.45, 2.75) is 26.2 Å². The van der Waals surface area contributed by atoms with Crippen LogP contribution >= 0.6 is 11.3 Å². The van der Waals surface area contributed by atoms with Crippen LogP contribution in [0.3, 0.4) is 0 Å². The SMILES string of the molecule is Cc1ccc(C(=O)NNC(=O)Cc2csc(N3CCCC3=O)n2)cc1. The predicted molar refractivity (Wildman–Crippen MR) is 94.2 cm³/mol. The number of benzene rings is 1. The molecular formula is C17H18N4O3S. The summed E-state index contributed by atoms with van der Waals surface area (Å²) in [5.74, 6) is -0.684. The van der Waals surface area contributed by atoms with E-state index < -0.39 is 0 Å². The smallest absolute Gasteiger partial charge is 0.269 e. The summed E-state index contributed by atoms with van der Waals surface area (Å²) in [5.41, 5.74) is 6.85. The van der Waals surface area contributed by atoms with Crippen molar-refractivity contribution in [1.29, 1.82) is 0 Å². The Morgan fingerprint density at radius 1 is 1.24 bits per heavy atom. The second kappa shape index (κ2) is 7.43. The molecule has 1 saturated heterocycles. The maximum absolute atomic E-state index is 12.0. The molecule has 1 aromatic heterocycles. The van der Waals surface area contributed by atoms with E-state index in [1.165, 1.54) is 11.3 Å². The molecule has 7 nitrogen and oxygen atoms in total. The van der Waals surface area contributed by atoms with Crippen LogP contribution in [0.4, 0.5) is 5.13 Å². The molecule has 8 heteroatoms. The number of rotatable bonds is 4. The third-order valence-corrected chi connectivity index (χ3v) is 4.73. The zero-order valence-electron chi connectivity index (χ0n) is 13.7. The number of aromatic nitrogens is 1. The first-order valence-corrected chi connectivity index (χ1v) is 8.81. The Balaban J connectivity index is 1.51. The van der Waals surface area contributed by atoms with Crippen LogP contribution in [0.15, 0.2) is 29.6 Å². The van der Waals surface area contributed by atoms with Crippen molar-refractivity contribution in [3.05, 3.63) is 46.5 Å². The summed E-state index contributed by atoms with van der Waals surface area (Å²) in [6, 6.07) is 7.04. The van der Waals surface area contributed by atoms with Gasteiger partial charge >= 0.3 is 0 Å². The van der Waals surface area contributed by atoms with E-state index in [-0.39, 0.29) is 24.1 Å². The lowest BCUT2D eigenvalue weighted by Gasteiger charge is -2.10. The molecule has 0 atom stereocenters. The number of carbonyl (C=O) groups excluding carboxylic acids is 3. The van der Waals surface area contributed by atoms with Crippen LogP contribution < -0.4 is 15.8 Å². The first-order chi connectivity index (χ1) is 12.0. The Bertz CT molecular complexity index is 800. The highest BCUT2D eigenvalue weighted by atomic mass is 32.1. The maximum atomic E-state index is 12.0. The van der Waals surface area contributed by atoms with E-state index in [1.54, 1.807) is 22.4 Å². The quantitative estimate of drug-likeness (QED) is 0.812. The van der Waals surface area contributed by atoms with E-state index in [9.17, 15) is 14.4 Å². The summed E-state index contributed by atoms with van der Waals surface area (Å²) < 4.78 is 0. The van der Waals surface area contributed by atoms with E-state index in [0.29, 0.717) is 29.4 Å². The van der Waals surface area contributed by atoms with E-state index in [2.05, 4.69) is 15.8 Å². The number of amides is 3. The standard InChI is InChI=1S/C17H18N4O3S/c1-11-4-6-12(7-5-11)16(24)20-19-14(22)9-13-10-25-17(18-13)21-8-2-3-15(21)23/h4-7,10H,2-3,8-9H2,1H3,(H,19,22)(H,20,24). The molecule has 2 N–H and O–H groups in total. The van der Waals surface area contributed by atoms with Crippen LogP contribution in [-0.4, -0.2) is 29.3 Å². The fraction of sp³-hybridized carbons (Fsp3) is 0.294. The lowest BCUT2D eigenvalue weighted by molar-refractivity contribution is -0.121. The molecule has 25 heavy (non-hydrogen) atoms. The number of nitrogens with zero attached hydrogens (tertiary/aromatic N) is 2. The van der Waals surface area contributed by atoms with Crippen LogP contribution in [0.1, 0.15) is 34.5 Å². The molecule has 0 saturated carbocycles. The largest absolute Gasteiger partial charge is 0.288 e. The van der Waals surface area contributed by atoms with Crippen molar-refractivity contribution >= 4 is 34.2 Å². The molecule has 1 aliphatic heterocycles. The minimum atomic E-state index is -0.380. The number of aryl methyl sites for hydroxylation is 1. The summed E-state index contributed by atoms with van der Waals surface area (Å²) in [6.45, 7) is 2.60. The zero-order chi connectivity index (χ0) is 17.8. The number of thiazole rings is 1. The van der Waals surface area contributed by atoms with Gasteiger partial charge < -0.3 is 0 Å². The van der Waals surface area contributed by atoms with Gasteiger partial charge in [-0.05, 0) is 25.5 Å². The van der Waals surface area contributed by atoms with Gasteiger partial charge in [0.1, 0.15) is 0 Å². The van der Waals surface area contributed by atoms with Crippen LogP contribution in [0.2, 0.25) is 0 Å². The molecule has 0 bridgehead atoms. The Kier molecular flexibility index (Phi) is 5.08. The van der Waals surface area contributed by atoms with Crippen LogP contribution in [0.5, 0.6) is 0 Å². The Morgan fingerprint density at radius 2 is 2.00 bits per heavy atom. The van der Waals surface area contributed by atoms with Crippen molar-refractivity contribution in [2.24, 2.45) is 0 Å². The number of hydrazine groups is 1. The van der Waals surface area contributed by atoms with E-state index in [1.807, 2.05) is 19.1 Å². The number of anilines is 1. The van der Waals surface area contributed by atoms with Gasteiger partial charge in [-0.25, -0.2) is 4.98 Å². The van der Waals surface area contributed by atoms with E-state index in [0.717, 1.165) is 12.0 Å². The first-order valence-electron chi connectivity index (χ1n) is 7.93. The van der Waals surface area contributed by atoms with Gasteiger partial charge in [0.2, 0.25) is 11.8 Å². The summed E-state index contributed by atoms with van der Waals surface area (Å²) >= 11 is 1.34.